The van der Waals surface area contributed by atoms with Crippen molar-refractivity contribution in [1.82, 2.24) is 10.2 Å². The summed E-state index contributed by atoms with van der Waals surface area (Å²) in [6, 6.07) is -1.62. The van der Waals surface area contributed by atoms with E-state index in [4.69, 9.17) is 5.73 Å². The number of esters is 1. The molecule has 0 aliphatic rings. The van der Waals surface area contributed by atoms with E-state index in [2.05, 4.69) is 4.74 Å². The average Bonchev–Trinajstić information content (AvgIpc) is 2.34. The molecule has 0 aliphatic carbocycles. The SMILES string of the molecule is CCOC(=O)C(N)C(=O)N(C)CC(=O)NCC(F)(F)F. The Morgan fingerprint density at radius 2 is 1.90 bits per heavy atom. The number of carbonyl (C=O) groups is 3. The maximum Gasteiger partial charge on any atom is 0.405 e. The van der Waals surface area contributed by atoms with E-state index in [-0.39, 0.29) is 6.61 Å². The topological polar surface area (TPSA) is 102 Å². The summed E-state index contributed by atoms with van der Waals surface area (Å²) in [6.45, 7) is -0.612. The molecule has 0 aromatic carbocycles. The van der Waals surface area contributed by atoms with Gasteiger partial charge in [0.05, 0.1) is 13.2 Å². The van der Waals surface area contributed by atoms with Crippen LogP contribution in [0.2, 0.25) is 0 Å². The summed E-state index contributed by atoms with van der Waals surface area (Å²) in [5.41, 5.74) is 5.29. The minimum atomic E-state index is -4.54. The normalized spacial score (nSPS) is 12.5. The molecule has 0 spiro atoms. The summed E-state index contributed by atoms with van der Waals surface area (Å²) in [7, 11) is 1.13. The first-order valence-corrected chi connectivity index (χ1v) is 5.59. The summed E-state index contributed by atoms with van der Waals surface area (Å²) < 4.78 is 40.1. The second-order valence-corrected chi connectivity index (χ2v) is 3.82. The van der Waals surface area contributed by atoms with Crippen molar-refractivity contribution in [2.24, 2.45) is 5.73 Å². The molecule has 0 heterocycles. The van der Waals surface area contributed by atoms with E-state index >= 15 is 0 Å². The number of halogens is 3. The monoisotopic (exact) mass is 299 g/mol. The van der Waals surface area contributed by atoms with Gasteiger partial charge in [-0.15, -0.1) is 0 Å². The number of nitrogens with one attached hydrogen (secondary N) is 1. The van der Waals surface area contributed by atoms with Crippen LogP contribution in [-0.2, 0) is 19.1 Å². The molecule has 0 bridgehead atoms. The van der Waals surface area contributed by atoms with Crippen molar-refractivity contribution < 1.29 is 32.3 Å². The van der Waals surface area contributed by atoms with Crippen LogP contribution in [0.4, 0.5) is 13.2 Å². The lowest BCUT2D eigenvalue weighted by molar-refractivity contribution is -0.151. The number of hydrogen-bond acceptors (Lipinski definition) is 5. The van der Waals surface area contributed by atoms with E-state index < -0.39 is 43.1 Å². The number of likely N-dealkylation sites (N-methyl/N-ethyl adjacent to an activating group) is 1. The Balaban J connectivity index is 4.32. The number of nitrogens with zero attached hydrogens (tertiary/aromatic N) is 1. The zero-order valence-corrected chi connectivity index (χ0v) is 11.0. The lowest BCUT2D eigenvalue weighted by atomic mass is 10.2. The molecule has 0 aromatic heterocycles. The van der Waals surface area contributed by atoms with Gasteiger partial charge in [-0.05, 0) is 6.92 Å². The number of rotatable bonds is 6. The Labute approximate surface area is 113 Å². The van der Waals surface area contributed by atoms with Crippen molar-refractivity contribution in [3.63, 3.8) is 0 Å². The predicted octanol–water partition coefficient (Wildman–Crippen LogP) is -0.986. The van der Waals surface area contributed by atoms with E-state index in [0.717, 1.165) is 11.9 Å². The quantitative estimate of drug-likeness (QED) is 0.484. The second kappa shape index (κ2) is 7.68. The van der Waals surface area contributed by atoms with Crippen molar-refractivity contribution >= 4 is 17.8 Å². The van der Waals surface area contributed by atoms with Gasteiger partial charge in [-0.25, -0.2) is 4.79 Å². The lowest BCUT2D eigenvalue weighted by Gasteiger charge is -2.20. The first kappa shape index (κ1) is 18.2. The van der Waals surface area contributed by atoms with Crippen LogP contribution in [0.25, 0.3) is 0 Å². The first-order valence-electron chi connectivity index (χ1n) is 5.59. The van der Waals surface area contributed by atoms with E-state index in [1.54, 1.807) is 5.32 Å². The molecule has 10 heteroatoms. The van der Waals surface area contributed by atoms with Gasteiger partial charge in [-0.2, -0.15) is 13.2 Å². The van der Waals surface area contributed by atoms with Crippen molar-refractivity contribution in [3.8, 4) is 0 Å². The number of ether oxygens (including phenoxy) is 1. The molecule has 0 aliphatic heterocycles. The molecule has 0 radical (unpaired) electrons. The van der Waals surface area contributed by atoms with Crippen LogP contribution < -0.4 is 11.1 Å². The third-order valence-electron chi connectivity index (χ3n) is 2.05. The highest BCUT2D eigenvalue weighted by Crippen LogP contribution is 2.11. The van der Waals surface area contributed by atoms with Crippen LogP contribution in [0.3, 0.4) is 0 Å². The Hall–Kier alpha value is -1.84. The standard InChI is InChI=1S/C10H16F3N3O4/c1-3-20-9(19)7(14)8(18)16(2)4-6(17)15-5-10(11,12)13/h7H,3-5,14H2,1-2H3,(H,15,17). The first-order chi connectivity index (χ1) is 9.08. The molecular weight excluding hydrogens is 283 g/mol. The minimum Gasteiger partial charge on any atom is -0.464 e. The molecule has 1 unspecified atom stereocenters. The van der Waals surface area contributed by atoms with E-state index in [0.29, 0.717) is 0 Å². The van der Waals surface area contributed by atoms with Gasteiger partial charge in [0.25, 0.3) is 5.91 Å². The Bertz CT molecular complexity index is 373. The molecule has 2 amide bonds. The van der Waals surface area contributed by atoms with Crippen molar-refractivity contribution in [1.29, 1.82) is 0 Å². The number of carbonyl (C=O) groups excluding carboxylic acids is 3. The van der Waals surface area contributed by atoms with Gasteiger partial charge in [0.1, 0.15) is 6.54 Å². The highest BCUT2D eigenvalue weighted by atomic mass is 19.4. The van der Waals surface area contributed by atoms with Crippen LogP contribution in [0, 0.1) is 0 Å². The van der Waals surface area contributed by atoms with Gasteiger partial charge in [0.2, 0.25) is 5.91 Å². The Morgan fingerprint density at radius 1 is 1.35 bits per heavy atom. The maximum absolute atomic E-state index is 11.9. The molecule has 3 N–H and O–H groups in total. The van der Waals surface area contributed by atoms with Crippen LogP contribution in [-0.4, -0.2) is 61.6 Å². The highest BCUT2D eigenvalue weighted by Gasteiger charge is 2.30. The third-order valence-corrected chi connectivity index (χ3v) is 2.05. The molecule has 0 saturated carbocycles. The van der Waals surface area contributed by atoms with Gasteiger partial charge in [-0.3, -0.25) is 9.59 Å². The second-order valence-electron chi connectivity index (χ2n) is 3.82. The maximum atomic E-state index is 11.9. The summed E-state index contributed by atoms with van der Waals surface area (Å²) in [5, 5.41) is 1.59. The fourth-order valence-corrected chi connectivity index (χ4v) is 1.12. The van der Waals surface area contributed by atoms with Crippen molar-refractivity contribution in [2.75, 3.05) is 26.7 Å². The summed E-state index contributed by atoms with van der Waals surface area (Å²) in [4.78, 5) is 34.7. The van der Waals surface area contributed by atoms with Gasteiger partial charge in [0.15, 0.2) is 6.04 Å². The summed E-state index contributed by atoms with van der Waals surface area (Å²) in [5.74, 6) is -2.92. The van der Waals surface area contributed by atoms with Crippen LogP contribution in [0.5, 0.6) is 0 Å². The largest absolute Gasteiger partial charge is 0.464 e. The number of alkyl halides is 3. The van der Waals surface area contributed by atoms with Crippen LogP contribution in [0.15, 0.2) is 0 Å². The van der Waals surface area contributed by atoms with E-state index in [9.17, 15) is 27.6 Å². The van der Waals surface area contributed by atoms with Crippen molar-refractivity contribution in [2.45, 2.75) is 19.1 Å². The molecule has 0 saturated heterocycles. The highest BCUT2D eigenvalue weighted by molar-refractivity contribution is 6.02. The summed E-state index contributed by atoms with van der Waals surface area (Å²) in [6.07, 6.45) is -4.54. The zero-order valence-electron chi connectivity index (χ0n) is 11.0. The smallest absolute Gasteiger partial charge is 0.405 e. The average molecular weight is 299 g/mol. The number of amides is 2. The van der Waals surface area contributed by atoms with Gasteiger partial charge < -0.3 is 20.7 Å². The molecule has 116 valence electrons. The van der Waals surface area contributed by atoms with Crippen LogP contribution in [0.1, 0.15) is 6.92 Å². The third kappa shape index (κ3) is 6.92. The molecular formula is C10H16F3N3O4. The molecule has 7 nitrogen and oxygen atoms in total. The lowest BCUT2D eigenvalue weighted by Crippen LogP contribution is -2.50. The molecule has 1 atom stereocenters. The van der Waals surface area contributed by atoms with Gasteiger partial charge >= 0.3 is 12.1 Å². The predicted molar refractivity (Wildman–Crippen MR) is 61.3 cm³/mol. The Kier molecular flexibility index (Phi) is 6.97. The van der Waals surface area contributed by atoms with Gasteiger partial charge in [0, 0.05) is 7.05 Å². The van der Waals surface area contributed by atoms with Gasteiger partial charge in [-0.1, -0.05) is 0 Å². The molecule has 0 fully saturated rings. The fraction of sp³-hybridized carbons (Fsp3) is 0.700. The molecule has 0 aromatic rings. The molecule has 20 heavy (non-hydrogen) atoms. The van der Waals surface area contributed by atoms with E-state index in [1.165, 1.54) is 6.92 Å². The number of hydrogen-bond donors (Lipinski definition) is 2. The zero-order chi connectivity index (χ0) is 15.9. The fourth-order valence-electron chi connectivity index (χ4n) is 1.12. The summed E-state index contributed by atoms with van der Waals surface area (Å²) >= 11 is 0. The minimum absolute atomic E-state index is 0.0234. The van der Waals surface area contributed by atoms with Crippen molar-refractivity contribution in [3.05, 3.63) is 0 Å². The van der Waals surface area contributed by atoms with E-state index in [1.807, 2.05) is 0 Å². The van der Waals surface area contributed by atoms with Crippen LogP contribution >= 0.6 is 0 Å². The molecule has 0 rings (SSSR count). The number of nitrogens with two attached hydrogens (primary N) is 1. The Morgan fingerprint density at radius 3 is 2.35 bits per heavy atom.